The lowest BCUT2D eigenvalue weighted by atomic mass is 10.1. The van der Waals surface area contributed by atoms with Crippen LogP contribution in [-0.4, -0.2) is 51.1 Å². The van der Waals surface area contributed by atoms with E-state index in [0.717, 1.165) is 18.5 Å². The number of benzene rings is 1. The quantitative estimate of drug-likeness (QED) is 0.360. The molecule has 2 N–H and O–H groups in total. The first-order chi connectivity index (χ1) is 12.7. The van der Waals surface area contributed by atoms with Crippen molar-refractivity contribution in [3.8, 4) is 0 Å². The van der Waals surface area contributed by atoms with Crippen molar-refractivity contribution in [1.82, 2.24) is 10.6 Å². The number of nitrogens with zero attached hydrogens (tertiary/aromatic N) is 1. The fraction of sp³-hybridized carbons (Fsp3) is 0.650. The summed E-state index contributed by atoms with van der Waals surface area (Å²) in [6, 6.07) is 10.1. The van der Waals surface area contributed by atoms with E-state index >= 15 is 0 Å². The molecule has 1 atom stereocenters. The van der Waals surface area contributed by atoms with Gasteiger partial charge in [-0.2, -0.15) is 0 Å². The second-order valence-corrected chi connectivity index (χ2v) is 10.3. The number of guanidine groups is 1. The third-order valence-electron chi connectivity index (χ3n) is 4.15. The monoisotopic (exact) mass is 397 g/mol. The molecular weight excluding hydrogens is 362 g/mol. The fourth-order valence-corrected chi connectivity index (χ4v) is 3.27. The number of ether oxygens (including phenoxy) is 1. The van der Waals surface area contributed by atoms with Gasteiger partial charge in [-0.15, -0.1) is 0 Å². The van der Waals surface area contributed by atoms with E-state index in [2.05, 4.69) is 27.8 Å². The number of sulfone groups is 1. The predicted molar refractivity (Wildman–Crippen MR) is 113 cm³/mol. The predicted octanol–water partition coefficient (Wildman–Crippen LogP) is 2.92. The minimum absolute atomic E-state index is 0.0594. The lowest BCUT2D eigenvalue weighted by molar-refractivity contribution is 0.0652. The zero-order chi connectivity index (χ0) is 20.3. The Hall–Kier alpha value is -1.60. The highest BCUT2D eigenvalue weighted by Crippen LogP contribution is 2.16. The summed E-state index contributed by atoms with van der Waals surface area (Å²) < 4.78 is 29.4. The standard InChI is InChI=1S/C20H35N3O3S/c1-6-21-19(23-14-16-27(24,25)20(3,4)5)22-13-10-15-26-17(2)18-11-8-7-9-12-18/h7-9,11-12,17H,6,10,13-16H2,1-5H3,(H2,21,22,23). The van der Waals surface area contributed by atoms with Crippen molar-refractivity contribution in [2.75, 3.05) is 32.0 Å². The Morgan fingerprint density at radius 1 is 1.19 bits per heavy atom. The number of rotatable bonds is 10. The van der Waals surface area contributed by atoms with E-state index in [-0.39, 0.29) is 11.9 Å². The molecule has 0 saturated heterocycles. The Bertz CT molecular complexity index is 667. The summed E-state index contributed by atoms with van der Waals surface area (Å²) in [5.41, 5.74) is 1.16. The van der Waals surface area contributed by atoms with Gasteiger partial charge < -0.3 is 15.4 Å². The van der Waals surface area contributed by atoms with E-state index in [4.69, 9.17) is 4.74 Å². The Kier molecular flexibility index (Phi) is 9.80. The van der Waals surface area contributed by atoms with Crippen molar-refractivity contribution in [2.45, 2.75) is 51.9 Å². The summed E-state index contributed by atoms with van der Waals surface area (Å²) in [5, 5.41) is 6.23. The molecule has 0 amide bonds. The van der Waals surface area contributed by atoms with Crippen molar-refractivity contribution in [1.29, 1.82) is 0 Å². The van der Waals surface area contributed by atoms with E-state index in [0.29, 0.717) is 25.7 Å². The molecule has 7 heteroatoms. The highest BCUT2D eigenvalue weighted by molar-refractivity contribution is 7.92. The normalized spacial score (nSPS) is 14.0. The van der Waals surface area contributed by atoms with E-state index in [1.807, 2.05) is 32.0 Å². The average Bonchev–Trinajstić information content (AvgIpc) is 2.60. The van der Waals surface area contributed by atoms with Crippen molar-refractivity contribution in [2.24, 2.45) is 4.99 Å². The molecule has 0 aliphatic heterocycles. The number of nitrogens with one attached hydrogen (secondary N) is 2. The number of aliphatic imine (C=N–C) groups is 1. The van der Waals surface area contributed by atoms with Crippen LogP contribution < -0.4 is 10.6 Å². The van der Waals surface area contributed by atoms with E-state index < -0.39 is 14.6 Å². The molecule has 1 rings (SSSR count). The van der Waals surface area contributed by atoms with Crippen LogP contribution in [0.3, 0.4) is 0 Å². The van der Waals surface area contributed by atoms with E-state index in [9.17, 15) is 8.42 Å². The Balaban J connectivity index is 2.37. The van der Waals surface area contributed by atoms with Crippen LogP contribution in [0.1, 0.15) is 52.7 Å². The van der Waals surface area contributed by atoms with E-state index in [1.54, 1.807) is 20.8 Å². The van der Waals surface area contributed by atoms with E-state index in [1.165, 1.54) is 0 Å². The van der Waals surface area contributed by atoms with Crippen LogP contribution in [0.4, 0.5) is 0 Å². The topological polar surface area (TPSA) is 79.8 Å². The van der Waals surface area contributed by atoms with Gasteiger partial charge in [0, 0.05) is 26.2 Å². The molecule has 0 spiro atoms. The summed E-state index contributed by atoms with van der Waals surface area (Å²) in [5.74, 6) is 0.719. The van der Waals surface area contributed by atoms with Gasteiger partial charge in [-0.1, -0.05) is 30.3 Å². The van der Waals surface area contributed by atoms with Gasteiger partial charge in [0.2, 0.25) is 0 Å². The minimum Gasteiger partial charge on any atom is -0.374 e. The molecule has 1 aromatic rings. The van der Waals surface area contributed by atoms with Crippen LogP contribution in [0.2, 0.25) is 0 Å². The minimum atomic E-state index is -3.14. The summed E-state index contributed by atoms with van der Waals surface area (Å²) >= 11 is 0. The van der Waals surface area contributed by atoms with Gasteiger partial charge >= 0.3 is 0 Å². The van der Waals surface area contributed by atoms with Gasteiger partial charge in [0.1, 0.15) is 0 Å². The maximum absolute atomic E-state index is 12.2. The first-order valence-electron chi connectivity index (χ1n) is 9.58. The number of hydrogen-bond acceptors (Lipinski definition) is 4. The SMILES string of the molecule is CCNC(=NCCCOC(C)c1ccccc1)NCCS(=O)(=O)C(C)(C)C. The fourth-order valence-electron chi connectivity index (χ4n) is 2.29. The highest BCUT2D eigenvalue weighted by atomic mass is 32.2. The molecule has 0 bridgehead atoms. The summed E-state index contributed by atoms with van der Waals surface area (Å²) in [4.78, 5) is 4.48. The van der Waals surface area contributed by atoms with Crippen molar-refractivity contribution in [3.63, 3.8) is 0 Å². The molecule has 154 valence electrons. The molecule has 1 unspecified atom stereocenters. The van der Waals surface area contributed by atoms with Crippen LogP contribution in [0.5, 0.6) is 0 Å². The van der Waals surface area contributed by atoms with Crippen LogP contribution in [-0.2, 0) is 14.6 Å². The maximum atomic E-state index is 12.2. The largest absolute Gasteiger partial charge is 0.374 e. The highest BCUT2D eigenvalue weighted by Gasteiger charge is 2.28. The van der Waals surface area contributed by atoms with Gasteiger partial charge in [0.25, 0.3) is 0 Å². The Morgan fingerprint density at radius 2 is 1.85 bits per heavy atom. The van der Waals surface area contributed by atoms with Gasteiger partial charge in [-0.05, 0) is 46.6 Å². The van der Waals surface area contributed by atoms with Crippen LogP contribution in [0.25, 0.3) is 0 Å². The molecule has 0 heterocycles. The summed E-state index contributed by atoms with van der Waals surface area (Å²) in [6.07, 6.45) is 0.859. The third-order valence-corrected chi connectivity index (χ3v) is 6.76. The third kappa shape index (κ3) is 8.75. The molecule has 1 aromatic carbocycles. The van der Waals surface area contributed by atoms with Gasteiger partial charge in [0.15, 0.2) is 15.8 Å². The second kappa shape index (κ2) is 11.3. The smallest absolute Gasteiger partial charge is 0.191 e. The first kappa shape index (κ1) is 23.4. The first-order valence-corrected chi connectivity index (χ1v) is 11.2. The van der Waals surface area contributed by atoms with Crippen molar-refractivity contribution < 1.29 is 13.2 Å². The average molecular weight is 398 g/mol. The van der Waals surface area contributed by atoms with Crippen LogP contribution >= 0.6 is 0 Å². The lowest BCUT2D eigenvalue weighted by Crippen LogP contribution is -2.41. The number of hydrogen-bond donors (Lipinski definition) is 2. The molecule has 27 heavy (non-hydrogen) atoms. The zero-order valence-corrected chi connectivity index (χ0v) is 18.1. The van der Waals surface area contributed by atoms with Crippen LogP contribution in [0.15, 0.2) is 35.3 Å². The Morgan fingerprint density at radius 3 is 2.44 bits per heavy atom. The molecule has 0 saturated carbocycles. The maximum Gasteiger partial charge on any atom is 0.191 e. The molecule has 0 aliphatic rings. The van der Waals surface area contributed by atoms with Gasteiger partial charge in [-0.25, -0.2) is 8.42 Å². The van der Waals surface area contributed by atoms with Crippen molar-refractivity contribution >= 4 is 15.8 Å². The summed E-state index contributed by atoms with van der Waals surface area (Å²) in [7, 11) is -3.14. The molecule has 0 radical (unpaired) electrons. The summed E-state index contributed by atoms with van der Waals surface area (Å²) in [6.45, 7) is 11.5. The molecule has 0 fully saturated rings. The molecule has 0 aliphatic carbocycles. The second-order valence-electron chi connectivity index (χ2n) is 7.40. The lowest BCUT2D eigenvalue weighted by Gasteiger charge is -2.19. The molecule has 6 nitrogen and oxygen atoms in total. The van der Waals surface area contributed by atoms with Gasteiger partial charge in [-0.3, -0.25) is 4.99 Å². The Labute approximate surface area is 164 Å². The van der Waals surface area contributed by atoms with Crippen LogP contribution in [0, 0.1) is 0 Å². The molecule has 0 aromatic heterocycles. The van der Waals surface area contributed by atoms with Crippen molar-refractivity contribution in [3.05, 3.63) is 35.9 Å². The van der Waals surface area contributed by atoms with Gasteiger partial charge in [0.05, 0.1) is 16.6 Å². The zero-order valence-electron chi connectivity index (χ0n) is 17.3. The molecular formula is C20H35N3O3S.